The standard InChI is InChI=1S/C14H14.ClH2O3P/c1-3-7-13(8-4-1)11-12-14-9-5-2-6-10-14;1-4-5(2)3/h1-10H,11-12H2;5H,(H,2,3). The van der Waals surface area contributed by atoms with E-state index in [1.54, 1.807) is 0 Å². The van der Waals surface area contributed by atoms with Crippen LogP contribution in [0.25, 0.3) is 0 Å². The van der Waals surface area contributed by atoms with Gasteiger partial charge in [-0.05, 0) is 24.0 Å². The van der Waals surface area contributed by atoms with E-state index in [0.717, 1.165) is 12.8 Å². The third-order valence-electron chi connectivity index (χ3n) is 2.45. The van der Waals surface area contributed by atoms with Crippen molar-refractivity contribution in [2.75, 3.05) is 0 Å². The van der Waals surface area contributed by atoms with Gasteiger partial charge in [0.25, 0.3) is 0 Å². The van der Waals surface area contributed by atoms with Gasteiger partial charge in [-0.3, -0.25) is 4.57 Å². The largest absolute Gasteiger partial charge is 0.332 e. The van der Waals surface area contributed by atoms with Crippen LogP contribution in [0.4, 0.5) is 0 Å². The lowest BCUT2D eigenvalue weighted by Gasteiger charge is -2.01. The summed E-state index contributed by atoms with van der Waals surface area (Å²) in [4.78, 5) is 7.55. The maximum atomic E-state index is 9.20. The van der Waals surface area contributed by atoms with Crippen LogP contribution in [-0.4, -0.2) is 4.89 Å². The number of benzene rings is 2. The van der Waals surface area contributed by atoms with Gasteiger partial charge in [-0.15, -0.1) is 0 Å². The number of rotatable bonds is 4. The third kappa shape index (κ3) is 7.81. The molecule has 0 aliphatic carbocycles. The molecule has 19 heavy (non-hydrogen) atoms. The summed E-state index contributed by atoms with van der Waals surface area (Å²) in [6.45, 7) is 0. The molecular weight excluding hydrogens is 283 g/mol. The Morgan fingerprint density at radius 1 is 0.895 bits per heavy atom. The van der Waals surface area contributed by atoms with Crippen molar-refractivity contribution in [3.05, 3.63) is 71.8 Å². The lowest BCUT2D eigenvalue weighted by molar-refractivity contribution is 0.425. The second-order valence-electron chi connectivity index (χ2n) is 3.81. The molecule has 0 heterocycles. The fraction of sp³-hybridized carbons (Fsp3) is 0.143. The van der Waals surface area contributed by atoms with E-state index in [-0.39, 0.29) is 0 Å². The number of hydrogen-bond acceptors (Lipinski definition) is 2. The predicted octanol–water partition coefficient (Wildman–Crippen LogP) is 4.01. The van der Waals surface area contributed by atoms with Crippen molar-refractivity contribution in [2.24, 2.45) is 0 Å². The van der Waals surface area contributed by atoms with Crippen LogP contribution in [-0.2, 0) is 21.5 Å². The molecule has 0 aliphatic heterocycles. The number of halogens is 1. The summed E-state index contributed by atoms with van der Waals surface area (Å²) in [5, 5.41) is 0. The first-order chi connectivity index (χ1) is 9.22. The normalized spacial score (nSPS) is 11.3. The first-order valence-corrected chi connectivity index (χ1v) is 7.39. The SMILES string of the molecule is O=[PH](O)OCl.c1ccc(CCc2ccccc2)cc1. The third-order valence-corrected chi connectivity index (χ3v) is 2.98. The van der Waals surface area contributed by atoms with E-state index in [9.17, 15) is 4.57 Å². The van der Waals surface area contributed by atoms with Crippen molar-refractivity contribution in [1.29, 1.82) is 0 Å². The maximum absolute atomic E-state index is 9.20. The summed E-state index contributed by atoms with van der Waals surface area (Å²) in [7, 11) is -2.86. The Balaban J connectivity index is 0.000000312. The van der Waals surface area contributed by atoms with Gasteiger partial charge in [0, 0.05) is 0 Å². The van der Waals surface area contributed by atoms with Crippen molar-refractivity contribution in [1.82, 2.24) is 0 Å². The Hall–Kier alpha value is -1.12. The Morgan fingerprint density at radius 2 is 1.21 bits per heavy atom. The molecule has 0 fully saturated rings. The first kappa shape index (κ1) is 15.9. The second-order valence-corrected chi connectivity index (χ2v) is 4.96. The van der Waals surface area contributed by atoms with Gasteiger partial charge in [0.1, 0.15) is 0 Å². The Bertz CT molecular complexity index is 437. The summed E-state index contributed by atoms with van der Waals surface area (Å²) < 4.78 is 12.5. The molecular formula is C14H16ClO3P. The molecule has 2 aromatic rings. The van der Waals surface area contributed by atoms with Crippen molar-refractivity contribution in [2.45, 2.75) is 12.8 Å². The van der Waals surface area contributed by atoms with Crippen LogP contribution >= 0.6 is 20.1 Å². The van der Waals surface area contributed by atoms with Gasteiger partial charge >= 0.3 is 8.25 Å². The molecule has 1 N–H and O–H groups in total. The molecule has 0 spiro atoms. The van der Waals surface area contributed by atoms with E-state index < -0.39 is 8.25 Å². The zero-order valence-corrected chi connectivity index (χ0v) is 12.1. The number of hydrogen-bond donors (Lipinski definition) is 1. The molecule has 0 aromatic heterocycles. The van der Waals surface area contributed by atoms with Crippen LogP contribution in [0.5, 0.6) is 0 Å². The van der Waals surface area contributed by atoms with Gasteiger partial charge < -0.3 is 4.89 Å². The molecule has 1 atom stereocenters. The summed E-state index contributed by atoms with van der Waals surface area (Å²) in [5.41, 5.74) is 2.83. The zero-order chi connectivity index (χ0) is 13.9. The van der Waals surface area contributed by atoms with Gasteiger partial charge in [-0.1, -0.05) is 60.7 Å². The van der Waals surface area contributed by atoms with E-state index >= 15 is 0 Å². The zero-order valence-electron chi connectivity index (χ0n) is 10.3. The summed E-state index contributed by atoms with van der Waals surface area (Å²) in [6.07, 6.45) is 2.26. The number of aryl methyl sites for hydroxylation is 2. The monoisotopic (exact) mass is 298 g/mol. The highest BCUT2D eigenvalue weighted by Crippen LogP contribution is 2.15. The molecule has 0 bridgehead atoms. The van der Waals surface area contributed by atoms with Crippen LogP contribution in [0.15, 0.2) is 60.7 Å². The predicted molar refractivity (Wildman–Crippen MR) is 78.5 cm³/mol. The quantitative estimate of drug-likeness (QED) is 0.868. The lowest BCUT2D eigenvalue weighted by Crippen LogP contribution is -1.89. The van der Waals surface area contributed by atoms with Gasteiger partial charge in [0.15, 0.2) is 0 Å². The highest BCUT2D eigenvalue weighted by Gasteiger charge is 1.93. The fourth-order valence-corrected chi connectivity index (χ4v) is 1.58. The molecule has 0 saturated heterocycles. The molecule has 1 unspecified atom stereocenters. The molecule has 2 rings (SSSR count). The molecule has 0 aliphatic rings. The molecule has 102 valence electrons. The van der Waals surface area contributed by atoms with Crippen molar-refractivity contribution in [3.63, 3.8) is 0 Å². The van der Waals surface area contributed by atoms with Crippen molar-refractivity contribution < 1.29 is 13.5 Å². The smallest absolute Gasteiger partial charge is 0.326 e. The van der Waals surface area contributed by atoms with Crippen LogP contribution in [0.2, 0.25) is 0 Å². The van der Waals surface area contributed by atoms with Gasteiger partial charge in [-0.25, -0.2) is 0 Å². The Kier molecular flexibility index (Phi) is 8.19. The lowest BCUT2D eigenvalue weighted by atomic mass is 10.0. The summed E-state index contributed by atoms with van der Waals surface area (Å²) in [5.74, 6) is 0. The average molecular weight is 299 g/mol. The molecule has 0 saturated carbocycles. The maximum Gasteiger partial charge on any atom is 0.332 e. The van der Waals surface area contributed by atoms with Crippen LogP contribution in [0.1, 0.15) is 11.1 Å². The van der Waals surface area contributed by atoms with Crippen molar-refractivity contribution in [3.8, 4) is 0 Å². The van der Waals surface area contributed by atoms with E-state index in [0.29, 0.717) is 0 Å². The highest BCUT2D eigenvalue weighted by atomic mass is 35.5. The Morgan fingerprint density at radius 3 is 1.47 bits per heavy atom. The second kappa shape index (κ2) is 9.76. The van der Waals surface area contributed by atoms with E-state index in [2.05, 4.69) is 76.6 Å². The summed E-state index contributed by atoms with van der Waals surface area (Å²) >= 11 is 4.32. The van der Waals surface area contributed by atoms with Gasteiger partial charge in [0.05, 0.1) is 11.9 Å². The molecule has 2 aromatic carbocycles. The molecule has 3 nitrogen and oxygen atoms in total. The molecule has 0 radical (unpaired) electrons. The van der Waals surface area contributed by atoms with E-state index in [1.807, 2.05) is 0 Å². The fourth-order valence-electron chi connectivity index (χ4n) is 1.58. The minimum atomic E-state index is -2.86. The Labute approximate surface area is 118 Å². The van der Waals surface area contributed by atoms with Gasteiger partial charge in [0.2, 0.25) is 0 Å². The van der Waals surface area contributed by atoms with E-state index in [1.165, 1.54) is 11.1 Å². The average Bonchev–Trinajstić information content (AvgIpc) is 2.48. The minimum Gasteiger partial charge on any atom is -0.326 e. The van der Waals surface area contributed by atoms with Crippen LogP contribution in [0, 0.1) is 0 Å². The molecule has 0 amide bonds. The van der Waals surface area contributed by atoms with Crippen LogP contribution < -0.4 is 0 Å². The molecule has 5 heteroatoms. The van der Waals surface area contributed by atoms with E-state index in [4.69, 9.17) is 4.89 Å². The van der Waals surface area contributed by atoms with Crippen molar-refractivity contribution >= 4 is 20.1 Å². The summed E-state index contributed by atoms with van der Waals surface area (Å²) in [6, 6.07) is 21.2. The van der Waals surface area contributed by atoms with Gasteiger partial charge in [-0.2, -0.15) is 4.08 Å². The topological polar surface area (TPSA) is 46.5 Å². The highest BCUT2D eigenvalue weighted by molar-refractivity contribution is 7.33. The first-order valence-electron chi connectivity index (χ1n) is 5.81. The van der Waals surface area contributed by atoms with Crippen LogP contribution in [0.3, 0.4) is 0 Å². The minimum absolute atomic E-state index is 1.13.